The van der Waals surface area contributed by atoms with Gasteiger partial charge in [-0.15, -0.1) is 0 Å². The molecule has 1 aliphatic carbocycles. The maximum absolute atomic E-state index is 12.1. The lowest BCUT2D eigenvalue weighted by molar-refractivity contribution is 0.138. The molecule has 6 nitrogen and oxygen atoms in total. The van der Waals surface area contributed by atoms with Gasteiger partial charge in [0.25, 0.3) is 0 Å². The minimum absolute atomic E-state index is 0.170. The lowest BCUT2D eigenvalue weighted by atomic mass is 10.00. The van der Waals surface area contributed by atoms with Crippen molar-refractivity contribution >= 4 is 6.09 Å². The molecule has 0 bridgehead atoms. The Labute approximate surface area is 147 Å². The fraction of sp³-hybridized carbons (Fsp3) is 0.421. The first-order chi connectivity index (χ1) is 12.3. The Bertz CT molecular complexity index is 711. The van der Waals surface area contributed by atoms with Crippen molar-refractivity contribution in [2.75, 3.05) is 19.6 Å². The monoisotopic (exact) mass is 338 g/mol. The highest BCUT2D eigenvalue weighted by molar-refractivity contribution is 5.67. The number of ether oxygens (including phenoxy) is 1. The summed E-state index contributed by atoms with van der Waals surface area (Å²) in [7, 11) is 0. The number of hydrogen-bond donors (Lipinski definition) is 2. The molecule has 0 radical (unpaired) electrons. The molecule has 0 spiro atoms. The molecular formula is C19H22N4O2. The van der Waals surface area contributed by atoms with Crippen molar-refractivity contribution in [2.24, 2.45) is 11.8 Å². The number of carbonyl (C=O) groups excluding carboxylic acids is 1. The second kappa shape index (κ2) is 6.80. The largest absolute Gasteiger partial charge is 0.445 e. The average molecular weight is 338 g/mol. The first kappa shape index (κ1) is 16.0. The van der Waals surface area contributed by atoms with E-state index in [1.807, 2.05) is 36.4 Å². The number of fused-ring (bicyclic) bond motifs is 1. The first-order valence-electron chi connectivity index (χ1n) is 8.73. The smallest absolute Gasteiger partial charge is 0.407 e. The third-order valence-electron chi connectivity index (χ3n) is 5.42. The number of nitrogens with one attached hydrogen (secondary N) is 2. The van der Waals surface area contributed by atoms with Crippen molar-refractivity contribution in [3.8, 4) is 0 Å². The van der Waals surface area contributed by atoms with Gasteiger partial charge in [-0.3, -0.25) is 0 Å². The molecule has 3 unspecified atom stereocenters. The third kappa shape index (κ3) is 3.09. The van der Waals surface area contributed by atoms with Crippen LogP contribution in [-0.4, -0.2) is 35.7 Å². The first-order valence-corrected chi connectivity index (χ1v) is 8.73. The molecule has 1 saturated heterocycles. The maximum Gasteiger partial charge on any atom is 0.407 e. The molecule has 2 fully saturated rings. The van der Waals surface area contributed by atoms with E-state index >= 15 is 0 Å². The number of alkyl carbamates (subject to hydrolysis) is 1. The van der Waals surface area contributed by atoms with Crippen LogP contribution < -0.4 is 10.6 Å². The zero-order valence-electron chi connectivity index (χ0n) is 14.0. The van der Waals surface area contributed by atoms with E-state index in [0.29, 0.717) is 18.4 Å². The molecule has 1 aromatic heterocycles. The molecule has 1 aromatic carbocycles. The van der Waals surface area contributed by atoms with Crippen LogP contribution in [0.2, 0.25) is 0 Å². The SMILES string of the molecule is O=C(NCC1(c2ncccn2)C2CCNCC21)OCc1ccccc1. The van der Waals surface area contributed by atoms with Crippen molar-refractivity contribution in [3.63, 3.8) is 0 Å². The summed E-state index contributed by atoms with van der Waals surface area (Å²) in [6.45, 7) is 2.75. The molecule has 25 heavy (non-hydrogen) atoms. The van der Waals surface area contributed by atoms with Gasteiger partial charge in [0.15, 0.2) is 0 Å². The van der Waals surface area contributed by atoms with E-state index in [-0.39, 0.29) is 12.0 Å². The number of piperidine rings is 1. The molecule has 4 rings (SSSR count). The summed E-state index contributed by atoms with van der Waals surface area (Å²) in [5.74, 6) is 1.82. The van der Waals surface area contributed by atoms with Gasteiger partial charge in [-0.1, -0.05) is 30.3 Å². The van der Waals surface area contributed by atoms with Crippen LogP contribution in [0.4, 0.5) is 4.79 Å². The second-order valence-electron chi connectivity index (χ2n) is 6.73. The summed E-state index contributed by atoms with van der Waals surface area (Å²) in [4.78, 5) is 21.1. The third-order valence-corrected chi connectivity index (χ3v) is 5.42. The van der Waals surface area contributed by atoms with E-state index in [1.54, 1.807) is 12.4 Å². The number of hydrogen-bond acceptors (Lipinski definition) is 5. The van der Waals surface area contributed by atoms with Crippen LogP contribution in [0, 0.1) is 11.8 Å². The summed E-state index contributed by atoms with van der Waals surface area (Å²) >= 11 is 0. The highest BCUT2D eigenvalue weighted by atomic mass is 16.5. The molecule has 2 aliphatic rings. The van der Waals surface area contributed by atoms with Crippen molar-refractivity contribution in [3.05, 3.63) is 60.2 Å². The number of benzene rings is 1. The van der Waals surface area contributed by atoms with Gasteiger partial charge in [0.2, 0.25) is 0 Å². The maximum atomic E-state index is 12.1. The zero-order valence-corrected chi connectivity index (χ0v) is 14.0. The summed E-state index contributed by atoms with van der Waals surface area (Å²) in [5.41, 5.74) is 0.805. The Morgan fingerprint density at radius 1 is 1.20 bits per heavy atom. The molecule has 3 atom stereocenters. The molecule has 2 aromatic rings. The molecule has 2 heterocycles. The van der Waals surface area contributed by atoms with Crippen LogP contribution in [0.15, 0.2) is 48.8 Å². The second-order valence-corrected chi connectivity index (χ2v) is 6.73. The summed E-state index contributed by atoms with van der Waals surface area (Å²) in [6.07, 6.45) is 4.24. The zero-order chi connectivity index (χ0) is 17.1. The standard InChI is InChI=1S/C19H22N4O2/c24-18(25-12-14-5-2-1-3-6-14)23-13-19(17-21-8-4-9-22-17)15-7-10-20-11-16(15)19/h1-6,8-9,15-16,20H,7,10-13H2,(H,23,24). The minimum Gasteiger partial charge on any atom is -0.445 e. The molecule has 1 saturated carbocycles. The van der Waals surface area contributed by atoms with Gasteiger partial charge >= 0.3 is 6.09 Å². The van der Waals surface area contributed by atoms with E-state index in [1.165, 1.54) is 0 Å². The Morgan fingerprint density at radius 2 is 2.00 bits per heavy atom. The van der Waals surface area contributed by atoms with Crippen LogP contribution in [-0.2, 0) is 16.8 Å². The van der Waals surface area contributed by atoms with Crippen LogP contribution in [0.3, 0.4) is 0 Å². The van der Waals surface area contributed by atoms with Gasteiger partial charge in [0.05, 0.1) is 5.41 Å². The molecule has 1 aliphatic heterocycles. The summed E-state index contributed by atoms with van der Waals surface area (Å²) < 4.78 is 5.33. The van der Waals surface area contributed by atoms with Crippen LogP contribution in [0.25, 0.3) is 0 Å². The lowest BCUT2D eigenvalue weighted by Gasteiger charge is -2.17. The van der Waals surface area contributed by atoms with E-state index in [0.717, 1.165) is 30.9 Å². The van der Waals surface area contributed by atoms with Crippen molar-refractivity contribution < 1.29 is 9.53 Å². The number of rotatable bonds is 5. The molecular weight excluding hydrogens is 316 g/mol. The van der Waals surface area contributed by atoms with Crippen molar-refractivity contribution in [2.45, 2.75) is 18.4 Å². The van der Waals surface area contributed by atoms with Gasteiger partial charge in [0.1, 0.15) is 12.4 Å². The number of aromatic nitrogens is 2. The van der Waals surface area contributed by atoms with Crippen molar-refractivity contribution in [1.82, 2.24) is 20.6 Å². The van der Waals surface area contributed by atoms with Crippen molar-refractivity contribution in [1.29, 1.82) is 0 Å². The quantitative estimate of drug-likeness (QED) is 0.870. The Balaban J connectivity index is 1.40. The Kier molecular flexibility index (Phi) is 4.36. The van der Waals surface area contributed by atoms with Gasteiger partial charge in [0, 0.05) is 18.9 Å². The summed E-state index contributed by atoms with van der Waals surface area (Å²) in [5, 5.41) is 6.38. The van der Waals surface area contributed by atoms with Gasteiger partial charge in [-0.05, 0) is 43.0 Å². The minimum atomic E-state index is -0.393. The number of amides is 1. The summed E-state index contributed by atoms with van der Waals surface area (Å²) in [6, 6.07) is 11.5. The predicted molar refractivity (Wildman–Crippen MR) is 92.8 cm³/mol. The van der Waals surface area contributed by atoms with Gasteiger partial charge in [-0.2, -0.15) is 0 Å². The number of carbonyl (C=O) groups is 1. The van der Waals surface area contributed by atoms with Crippen LogP contribution in [0.1, 0.15) is 17.8 Å². The average Bonchev–Trinajstić information content (AvgIpc) is 3.35. The van der Waals surface area contributed by atoms with E-state index in [9.17, 15) is 4.79 Å². The van der Waals surface area contributed by atoms with Gasteiger partial charge < -0.3 is 15.4 Å². The topological polar surface area (TPSA) is 76.1 Å². The normalized spacial score (nSPS) is 27.2. The van der Waals surface area contributed by atoms with E-state index in [2.05, 4.69) is 20.6 Å². The Hall–Kier alpha value is -2.47. The highest BCUT2D eigenvalue weighted by Gasteiger charge is 2.67. The van der Waals surface area contributed by atoms with Crippen LogP contribution >= 0.6 is 0 Å². The van der Waals surface area contributed by atoms with E-state index in [4.69, 9.17) is 4.74 Å². The number of nitrogens with zero attached hydrogens (tertiary/aromatic N) is 2. The molecule has 2 N–H and O–H groups in total. The fourth-order valence-electron chi connectivity index (χ4n) is 4.11. The highest BCUT2D eigenvalue weighted by Crippen LogP contribution is 2.61. The Morgan fingerprint density at radius 3 is 2.72 bits per heavy atom. The fourth-order valence-corrected chi connectivity index (χ4v) is 4.11. The molecule has 130 valence electrons. The van der Waals surface area contributed by atoms with E-state index < -0.39 is 6.09 Å². The molecule has 1 amide bonds. The lowest BCUT2D eigenvalue weighted by Crippen LogP contribution is -2.36. The van der Waals surface area contributed by atoms with Crippen LogP contribution in [0.5, 0.6) is 0 Å². The predicted octanol–water partition coefficient (Wildman–Crippen LogP) is 1.88. The van der Waals surface area contributed by atoms with Gasteiger partial charge in [-0.25, -0.2) is 14.8 Å². The molecule has 6 heteroatoms.